The van der Waals surface area contributed by atoms with Gasteiger partial charge in [-0.2, -0.15) is 13.2 Å². The largest absolute Gasteiger partial charge is 0.416 e. The first-order valence-corrected chi connectivity index (χ1v) is 9.20. The fourth-order valence-electron chi connectivity index (χ4n) is 3.36. The van der Waals surface area contributed by atoms with Crippen LogP contribution in [0.1, 0.15) is 11.1 Å². The van der Waals surface area contributed by atoms with Crippen LogP contribution in [0.5, 0.6) is 0 Å². The van der Waals surface area contributed by atoms with Gasteiger partial charge in [-0.1, -0.05) is 24.3 Å². The Balaban J connectivity index is 1.79. The standard InChI is InChI=1S/C21H14F3N3O2S/c1-26-11-12(15-7-2-3-8-17(15)26)9-16-18(28)25-20(30)27(19(16)29)14-6-4-5-13(10-14)21(22,23)24/h2-11H,1H3,(H,25,28,30)/b16-9+. The average Bonchev–Trinajstić information content (AvgIpc) is 3.00. The molecule has 0 saturated carbocycles. The number of aromatic nitrogens is 1. The maximum atomic E-state index is 13.1. The summed E-state index contributed by atoms with van der Waals surface area (Å²) in [7, 11) is 1.83. The summed E-state index contributed by atoms with van der Waals surface area (Å²) in [6, 6.07) is 11.7. The molecule has 4 rings (SSSR count). The number of amides is 2. The number of benzene rings is 2. The highest BCUT2D eigenvalue weighted by Crippen LogP contribution is 2.33. The second-order valence-electron chi connectivity index (χ2n) is 6.72. The predicted molar refractivity (Wildman–Crippen MR) is 111 cm³/mol. The number of para-hydroxylation sites is 1. The molecule has 9 heteroatoms. The minimum atomic E-state index is -4.58. The molecule has 0 atom stereocenters. The van der Waals surface area contributed by atoms with Gasteiger partial charge in [0.05, 0.1) is 11.3 Å². The van der Waals surface area contributed by atoms with Gasteiger partial charge in [-0.15, -0.1) is 0 Å². The van der Waals surface area contributed by atoms with Crippen LogP contribution in [0.2, 0.25) is 0 Å². The van der Waals surface area contributed by atoms with E-state index < -0.39 is 23.6 Å². The lowest BCUT2D eigenvalue weighted by Gasteiger charge is -2.29. The minimum Gasteiger partial charge on any atom is -0.350 e. The summed E-state index contributed by atoms with van der Waals surface area (Å²) in [6.07, 6.45) is -1.40. The highest BCUT2D eigenvalue weighted by Gasteiger charge is 2.36. The smallest absolute Gasteiger partial charge is 0.350 e. The predicted octanol–water partition coefficient (Wildman–Crippen LogP) is 4.03. The van der Waals surface area contributed by atoms with Crippen LogP contribution in [0.15, 0.2) is 60.3 Å². The van der Waals surface area contributed by atoms with E-state index in [-0.39, 0.29) is 16.4 Å². The number of carbonyl (C=O) groups excluding carboxylic acids is 2. The fourth-order valence-corrected chi connectivity index (χ4v) is 3.64. The third-order valence-electron chi connectivity index (χ3n) is 4.76. The van der Waals surface area contributed by atoms with Gasteiger partial charge in [-0.25, -0.2) is 0 Å². The third-order valence-corrected chi connectivity index (χ3v) is 5.05. The van der Waals surface area contributed by atoms with E-state index in [1.807, 2.05) is 35.9 Å². The SMILES string of the molecule is Cn1cc(/C=C2\C(=O)NC(=S)N(c3cccc(C(F)(F)F)c3)C2=O)c2ccccc21. The lowest BCUT2D eigenvalue weighted by Crippen LogP contribution is -2.54. The molecule has 0 radical (unpaired) electrons. The number of alkyl halides is 3. The minimum absolute atomic E-state index is 0.0800. The molecule has 0 aliphatic carbocycles. The maximum Gasteiger partial charge on any atom is 0.416 e. The Labute approximate surface area is 174 Å². The van der Waals surface area contributed by atoms with Crippen molar-refractivity contribution in [3.05, 3.63) is 71.4 Å². The van der Waals surface area contributed by atoms with Crippen LogP contribution in [0.3, 0.4) is 0 Å². The van der Waals surface area contributed by atoms with Crippen LogP contribution >= 0.6 is 12.2 Å². The van der Waals surface area contributed by atoms with Crippen molar-refractivity contribution in [2.75, 3.05) is 4.90 Å². The molecular formula is C21H14F3N3O2S. The zero-order valence-electron chi connectivity index (χ0n) is 15.5. The number of nitrogens with one attached hydrogen (secondary N) is 1. The first-order valence-electron chi connectivity index (χ1n) is 8.79. The van der Waals surface area contributed by atoms with E-state index in [2.05, 4.69) is 5.32 Å². The second kappa shape index (κ2) is 7.10. The Morgan fingerprint density at radius 2 is 1.80 bits per heavy atom. The van der Waals surface area contributed by atoms with Gasteiger partial charge in [0, 0.05) is 29.7 Å². The summed E-state index contributed by atoms with van der Waals surface area (Å²) in [5.41, 5.74) is 0.301. The molecule has 0 unspecified atom stereocenters. The van der Waals surface area contributed by atoms with Gasteiger partial charge in [0.25, 0.3) is 11.8 Å². The number of rotatable bonds is 2. The van der Waals surface area contributed by atoms with E-state index in [9.17, 15) is 22.8 Å². The van der Waals surface area contributed by atoms with Crippen LogP contribution < -0.4 is 10.2 Å². The molecule has 30 heavy (non-hydrogen) atoms. The lowest BCUT2D eigenvalue weighted by atomic mass is 10.1. The zero-order chi connectivity index (χ0) is 21.6. The van der Waals surface area contributed by atoms with Crippen LogP contribution in [0, 0.1) is 0 Å². The van der Waals surface area contributed by atoms with Crippen molar-refractivity contribution in [1.29, 1.82) is 0 Å². The normalized spacial score (nSPS) is 16.5. The molecule has 2 aromatic carbocycles. The van der Waals surface area contributed by atoms with Gasteiger partial charge in [0.15, 0.2) is 5.11 Å². The van der Waals surface area contributed by atoms with Crippen LogP contribution in [-0.2, 0) is 22.8 Å². The molecule has 1 aliphatic heterocycles. The number of hydrogen-bond donors (Lipinski definition) is 1. The van der Waals surface area contributed by atoms with Gasteiger partial charge in [0.2, 0.25) is 0 Å². The molecule has 1 aliphatic rings. The molecule has 1 N–H and O–H groups in total. The van der Waals surface area contributed by atoms with E-state index in [0.29, 0.717) is 5.56 Å². The molecule has 0 spiro atoms. The van der Waals surface area contributed by atoms with Crippen molar-refractivity contribution in [1.82, 2.24) is 9.88 Å². The van der Waals surface area contributed by atoms with E-state index in [1.165, 1.54) is 18.2 Å². The Kier molecular flexibility index (Phi) is 4.70. The highest BCUT2D eigenvalue weighted by atomic mass is 32.1. The van der Waals surface area contributed by atoms with Crippen molar-refractivity contribution >= 4 is 51.8 Å². The summed E-state index contributed by atoms with van der Waals surface area (Å²) in [6.45, 7) is 0. The maximum absolute atomic E-state index is 13.1. The Hall–Kier alpha value is -3.46. The number of aryl methyl sites for hydroxylation is 1. The highest BCUT2D eigenvalue weighted by molar-refractivity contribution is 7.80. The molecule has 0 bridgehead atoms. The zero-order valence-corrected chi connectivity index (χ0v) is 16.3. The Morgan fingerprint density at radius 3 is 2.53 bits per heavy atom. The number of nitrogens with zero attached hydrogens (tertiary/aromatic N) is 2. The molecule has 5 nitrogen and oxygen atoms in total. The van der Waals surface area contributed by atoms with Gasteiger partial charge < -0.3 is 4.57 Å². The van der Waals surface area contributed by atoms with Crippen molar-refractivity contribution in [3.8, 4) is 0 Å². The molecule has 1 saturated heterocycles. The summed E-state index contributed by atoms with van der Waals surface area (Å²) in [4.78, 5) is 26.4. The number of thiocarbonyl (C=S) groups is 1. The van der Waals surface area contributed by atoms with Gasteiger partial charge >= 0.3 is 6.18 Å². The third kappa shape index (κ3) is 3.37. The summed E-state index contributed by atoms with van der Waals surface area (Å²) < 4.78 is 41.1. The average molecular weight is 429 g/mol. The monoisotopic (exact) mass is 429 g/mol. The van der Waals surface area contributed by atoms with E-state index in [0.717, 1.165) is 27.9 Å². The van der Waals surface area contributed by atoms with Gasteiger partial charge in [-0.3, -0.25) is 19.8 Å². The van der Waals surface area contributed by atoms with Crippen molar-refractivity contribution < 1.29 is 22.8 Å². The molecule has 3 aromatic rings. The van der Waals surface area contributed by atoms with Gasteiger partial charge in [0.1, 0.15) is 5.57 Å². The number of halogens is 3. The number of carbonyl (C=O) groups is 2. The van der Waals surface area contributed by atoms with Crippen molar-refractivity contribution in [3.63, 3.8) is 0 Å². The van der Waals surface area contributed by atoms with Crippen LogP contribution in [-0.4, -0.2) is 21.5 Å². The quantitative estimate of drug-likeness (QED) is 0.380. The summed E-state index contributed by atoms with van der Waals surface area (Å²) in [5.74, 6) is -1.50. The molecule has 2 heterocycles. The van der Waals surface area contributed by atoms with E-state index in [4.69, 9.17) is 12.2 Å². The molecule has 152 valence electrons. The number of fused-ring (bicyclic) bond motifs is 1. The summed E-state index contributed by atoms with van der Waals surface area (Å²) >= 11 is 5.06. The van der Waals surface area contributed by atoms with Crippen LogP contribution in [0.4, 0.5) is 18.9 Å². The first-order chi connectivity index (χ1) is 14.2. The van der Waals surface area contributed by atoms with E-state index >= 15 is 0 Å². The van der Waals surface area contributed by atoms with Crippen molar-refractivity contribution in [2.24, 2.45) is 7.05 Å². The molecule has 2 amide bonds. The second-order valence-corrected chi connectivity index (χ2v) is 7.11. The molecular weight excluding hydrogens is 415 g/mol. The number of hydrogen-bond acceptors (Lipinski definition) is 3. The molecule has 1 fully saturated rings. The topological polar surface area (TPSA) is 54.3 Å². The van der Waals surface area contributed by atoms with Gasteiger partial charge in [-0.05, 0) is 42.6 Å². The van der Waals surface area contributed by atoms with E-state index in [1.54, 1.807) is 6.20 Å². The fraction of sp³-hybridized carbons (Fsp3) is 0.0952. The lowest BCUT2D eigenvalue weighted by molar-refractivity contribution is -0.137. The Bertz CT molecular complexity index is 1240. The summed E-state index contributed by atoms with van der Waals surface area (Å²) in [5, 5.41) is 2.93. The Morgan fingerprint density at radius 1 is 1.07 bits per heavy atom. The number of anilines is 1. The first kappa shape index (κ1) is 19.8. The van der Waals surface area contributed by atoms with Crippen LogP contribution in [0.25, 0.3) is 17.0 Å². The molecule has 1 aromatic heterocycles. The van der Waals surface area contributed by atoms with Crippen molar-refractivity contribution in [2.45, 2.75) is 6.18 Å².